The van der Waals surface area contributed by atoms with Crippen molar-refractivity contribution in [3.63, 3.8) is 0 Å². The molecule has 1 heterocycles. The first kappa shape index (κ1) is 27.4. The van der Waals surface area contributed by atoms with E-state index in [9.17, 15) is 9.90 Å². The Morgan fingerprint density at radius 2 is 1.04 bits per heavy atom. The predicted octanol–water partition coefficient (Wildman–Crippen LogP) is 6.24. The van der Waals surface area contributed by atoms with Gasteiger partial charge in [0.1, 0.15) is 0 Å². The number of carbonyl (C=O) groups is 1. The second kappa shape index (κ2) is 19.7. The normalized spacial score (nSPS) is 15.7. The first-order valence-electron chi connectivity index (χ1n) is 12.6. The van der Waals surface area contributed by atoms with E-state index in [0.717, 1.165) is 0 Å². The summed E-state index contributed by atoms with van der Waals surface area (Å²) in [5, 5.41) is 9.26. The standard InChI is InChI=1S/C22H46N.C3H6O2/c1-3-4-5-6-7-8-9-10-11-12-13-14-15-17-20-23(2)21-18-16-19-22-23;1-2-3(4)5/h3-22H2,1-2H3;2H2,1H3,(H,4,5)/q+1;/p-1. The molecule has 168 valence electrons. The zero-order chi connectivity index (χ0) is 20.9. The van der Waals surface area contributed by atoms with Crippen molar-refractivity contribution in [3.8, 4) is 0 Å². The molecule has 3 nitrogen and oxygen atoms in total. The lowest BCUT2D eigenvalue weighted by Crippen LogP contribution is -2.48. The smallest absolute Gasteiger partial charge is 0.0784 e. The van der Waals surface area contributed by atoms with Crippen LogP contribution < -0.4 is 5.11 Å². The highest BCUT2D eigenvalue weighted by Gasteiger charge is 2.23. The number of hydrogen-bond donors (Lipinski definition) is 0. The summed E-state index contributed by atoms with van der Waals surface area (Å²) < 4.78 is 1.37. The number of carbonyl (C=O) groups excluding carboxylic acids is 1. The summed E-state index contributed by atoms with van der Waals surface area (Å²) >= 11 is 0. The van der Waals surface area contributed by atoms with Gasteiger partial charge in [-0.05, 0) is 38.5 Å². The maximum atomic E-state index is 9.26. The van der Waals surface area contributed by atoms with Crippen LogP contribution in [0.4, 0.5) is 0 Å². The summed E-state index contributed by atoms with van der Waals surface area (Å²) in [5.74, 6) is -0.995. The highest BCUT2D eigenvalue weighted by Crippen LogP contribution is 2.18. The molecule has 0 aromatic heterocycles. The Morgan fingerprint density at radius 3 is 1.39 bits per heavy atom. The van der Waals surface area contributed by atoms with Gasteiger partial charge in [0, 0.05) is 5.97 Å². The van der Waals surface area contributed by atoms with Gasteiger partial charge in [0.15, 0.2) is 0 Å². The van der Waals surface area contributed by atoms with Crippen molar-refractivity contribution in [3.05, 3.63) is 0 Å². The summed E-state index contributed by atoms with van der Waals surface area (Å²) in [6.07, 6.45) is 25.1. The van der Waals surface area contributed by atoms with Crippen LogP contribution in [0.15, 0.2) is 0 Å². The second-order valence-electron chi connectivity index (χ2n) is 9.17. The van der Waals surface area contributed by atoms with Gasteiger partial charge in [-0.3, -0.25) is 0 Å². The number of likely N-dealkylation sites (tertiary alicyclic amines) is 1. The minimum Gasteiger partial charge on any atom is -0.550 e. The maximum absolute atomic E-state index is 9.26. The first-order valence-corrected chi connectivity index (χ1v) is 12.6. The third kappa shape index (κ3) is 18.8. The van der Waals surface area contributed by atoms with Gasteiger partial charge in [-0.2, -0.15) is 0 Å². The van der Waals surface area contributed by atoms with Crippen LogP contribution >= 0.6 is 0 Å². The van der Waals surface area contributed by atoms with Gasteiger partial charge < -0.3 is 14.4 Å². The molecule has 0 N–H and O–H groups in total. The van der Waals surface area contributed by atoms with Crippen molar-refractivity contribution < 1.29 is 14.4 Å². The molecule has 28 heavy (non-hydrogen) atoms. The summed E-state index contributed by atoms with van der Waals surface area (Å²) in [4.78, 5) is 9.26. The lowest BCUT2D eigenvalue weighted by atomic mass is 10.0. The highest BCUT2D eigenvalue weighted by molar-refractivity contribution is 5.63. The van der Waals surface area contributed by atoms with Gasteiger partial charge in [-0.1, -0.05) is 90.9 Å². The lowest BCUT2D eigenvalue weighted by molar-refractivity contribution is -0.914. The predicted molar refractivity (Wildman–Crippen MR) is 120 cm³/mol. The van der Waals surface area contributed by atoms with E-state index in [2.05, 4.69) is 14.0 Å². The van der Waals surface area contributed by atoms with Crippen LogP contribution in [0.1, 0.15) is 129 Å². The number of hydrogen-bond acceptors (Lipinski definition) is 2. The number of carboxylic acid groups (broad SMARTS) is 1. The average molecular weight is 398 g/mol. The maximum Gasteiger partial charge on any atom is 0.0784 e. The van der Waals surface area contributed by atoms with E-state index in [4.69, 9.17) is 0 Å². The Morgan fingerprint density at radius 1 is 0.679 bits per heavy atom. The molecule has 0 radical (unpaired) electrons. The van der Waals surface area contributed by atoms with E-state index in [1.165, 1.54) is 140 Å². The molecule has 0 bridgehead atoms. The molecule has 0 aromatic rings. The fourth-order valence-electron chi connectivity index (χ4n) is 4.19. The molecule has 1 rings (SSSR count). The topological polar surface area (TPSA) is 40.1 Å². The molecule has 0 amide bonds. The first-order chi connectivity index (χ1) is 13.5. The fraction of sp³-hybridized carbons (Fsp3) is 0.960. The summed E-state index contributed by atoms with van der Waals surface area (Å²) in [6, 6.07) is 0. The highest BCUT2D eigenvalue weighted by atomic mass is 16.4. The van der Waals surface area contributed by atoms with Gasteiger partial charge in [-0.25, -0.2) is 0 Å². The van der Waals surface area contributed by atoms with Crippen LogP contribution in [0.5, 0.6) is 0 Å². The molecule has 1 aliphatic rings. The van der Waals surface area contributed by atoms with Crippen molar-refractivity contribution in [2.24, 2.45) is 0 Å². The molecule has 0 aromatic carbocycles. The molecule has 0 saturated carbocycles. The van der Waals surface area contributed by atoms with Gasteiger partial charge in [-0.15, -0.1) is 0 Å². The SMILES string of the molecule is CCC(=O)[O-].CCCCCCCCCCCCCCCC[N+]1(C)CCCCC1. The minimum atomic E-state index is -0.995. The molecule has 0 unspecified atom stereocenters. The fourth-order valence-corrected chi connectivity index (χ4v) is 4.19. The monoisotopic (exact) mass is 397 g/mol. The van der Waals surface area contributed by atoms with Crippen LogP contribution in [-0.4, -0.2) is 37.1 Å². The Kier molecular flexibility index (Phi) is 19.3. The number of nitrogens with zero attached hydrogens (tertiary/aromatic N) is 1. The Labute approximate surface area is 176 Å². The molecular formula is C25H51NO2. The summed E-state index contributed by atoms with van der Waals surface area (Å²) in [7, 11) is 2.49. The molecule has 0 atom stereocenters. The quantitative estimate of drug-likeness (QED) is 0.228. The van der Waals surface area contributed by atoms with Crippen LogP contribution in [0.25, 0.3) is 0 Å². The number of piperidine rings is 1. The van der Waals surface area contributed by atoms with E-state index < -0.39 is 5.97 Å². The largest absolute Gasteiger partial charge is 0.550 e. The Bertz CT molecular complexity index is 337. The molecule has 1 saturated heterocycles. The molecule has 0 spiro atoms. The van der Waals surface area contributed by atoms with Crippen molar-refractivity contribution in [2.75, 3.05) is 26.7 Å². The molecule has 1 aliphatic heterocycles. The minimum absolute atomic E-state index is 0.111. The van der Waals surface area contributed by atoms with E-state index in [-0.39, 0.29) is 6.42 Å². The van der Waals surface area contributed by atoms with E-state index in [1.807, 2.05) is 0 Å². The van der Waals surface area contributed by atoms with Gasteiger partial charge >= 0.3 is 0 Å². The number of unbranched alkanes of at least 4 members (excludes halogenated alkanes) is 13. The molecule has 0 aliphatic carbocycles. The Balaban J connectivity index is 0.00000129. The number of rotatable bonds is 16. The van der Waals surface area contributed by atoms with Crippen molar-refractivity contribution in [1.82, 2.24) is 0 Å². The third-order valence-electron chi connectivity index (χ3n) is 6.24. The lowest BCUT2D eigenvalue weighted by Gasteiger charge is -2.37. The zero-order valence-corrected chi connectivity index (χ0v) is 19.6. The molecular weight excluding hydrogens is 346 g/mol. The molecule has 1 fully saturated rings. The van der Waals surface area contributed by atoms with Gasteiger partial charge in [0.2, 0.25) is 0 Å². The van der Waals surface area contributed by atoms with Gasteiger partial charge in [0.05, 0.1) is 26.7 Å². The third-order valence-corrected chi connectivity index (χ3v) is 6.24. The average Bonchev–Trinajstić information content (AvgIpc) is 2.69. The van der Waals surface area contributed by atoms with E-state index >= 15 is 0 Å². The van der Waals surface area contributed by atoms with Gasteiger partial charge in [0.25, 0.3) is 0 Å². The second-order valence-corrected chi connectivity index (χ2v) is 9.17. The number of quaternary nitrogens is 1. The van der Waals surface area contributed by atoms with Crippen LogP contribution in [-0.2, 0) is 4.79 Å². The zero-order valence-electron chi connectivity index (χ0n) is 19.6. The van der Waals surface area contributed by atoms with Crippen molar-refractivity contribution >= 4 is 5.97 Å². The van der Waals surface area contributed by atoms with Crippen LogP contribution in [0, 0.1) is 0 Å². The van der Waals surface area contributed by atoms with Crippen LogP contribution in [0.3, 0.4) is 0 Å². The van der Waals surface area contributed by atoms with Crippen molar-refractivity contribution in [2.45, 2.75) is 129 Å². The number of aliphatic carboxylic acids is 1. The van der Waals surface area contributed by atoms with E-state index in [1.54, 1.807) is 0 Å². The van der Waals surface area contributed by atoms with E-state index in [0.29, 0.717) is 0 Å². The Hall–Kier alpha value is -0.570. The number of carboxylic acids is 1. The van der Waals surface area contributed by atoms with Crippen molar-refractivity contribution in [1.29, 1.82) is 0 Å². The van der Waals surface area contributed by atoms with Crippen LogP contribution in [0.2, 0.25) is 0 Å². The summed E-state index contributed by atoms with van der Waals surface area (Å²) in [5.41, 5.74) is 0. The molecule has 3 heteroatoms. The summed E-state index contributed by atoms with van der Waals surface area (Å²) in [6.45, 7) is 8.17.